The second-order valence-corrected chi connectivity index (χ2v) is 1.37. The Morgan fingerprint density at radius 3 is 2.89 bits per heavy atom. The highest BCUT2D eigenvalue weighted by molar-refractivity contribution is 4.92. The molecule has 0 saturated heterocycles. The van der Waals surface area contributed by atoms with Gasteiger partial charge in [-0.05, 0) is 0 Å². The van der Waals surface area contributed by atoms with Gasteiger partial charge in [0.2, 0.25) is 5.82 Å². The van der Waals surface area contributed by atoms with Gasteiger partial charge in [0.25, 0.3) is 5.56 Å². The van der Waals surface area contributed by atoms with Gasteiger partial charge in [0.15, 0.2) is 0 Å². The third kappa shape index (κ3) is 1.04. The van der Waals surface area contributed by atoms with Crippen LogP contribution in [0.25, 0.3) is 0 Å². The maximum Gasteiger partial charge on any atom is 0.286 e. The van der Waals surface area contributed by atoms with Crippen molar-refractivity contribution < 1.29 is 9.50 Å². The lowest BCUT2D eigenvalue weighted by Crippen LogP contribution is -2.14. The number of hydrogen-bond acceptors (Lipinski definition) is 3. The average molecular weight is 129 g/mol. The van der Waals surface area contributed by atoms with E-state index in [0.717, 1.165) is 0 Å². The van der Waals surface area contributed by atoms with Crippen LogP contribution in [0.5, 0.6) is 6.01 Å². The Bertz CT molecular complexity index is 270. The summed E-state index contributed by atoms with van der Waals surface area (Å²) in [6, 6.07) is -0.832. The minimum atomic E-state index is -1.05. The number of rotatable bonds is 0. The molecule has 0 aliphatic rings. The molecule has 0 bridgehead atoms. The van der Waals surface area contributed by atoms with Crippen LogP contribution in [0.1, 0.15) is 0 Å². The lowest BCUT2D eigenvalue weighted by Gasteiger charge is -1.98. The quantitative estimate of drug-likeness (QED) is 0.487. The van der Waals surface area contributed by atoms with Crippen LogP contribution in [-0.4, -0.2) is 9.97 Å². The first-order chi connectivity index (χ1) is 4.20. The first-order valence-corrected chi connectivity index (χ1v) is 2.12. The van der Waals surface area contributed by atoms with Crippen LogP contribution in [0.3, 0.4) is 0 Å². The lowest BCUT2D eigenvalue weighted by atomic mass is 10.6. The first kappa shape index (κ1) is 5.74. The van der Waals surface area contributed by atoms with Crippen molar-refractivity contribution in [2.45, 2.75) is 0 Å². The standard InChI is InChI=1S/C4H3FN2O2/c5-2-1-6-4(9)7-3(2)8/h1H,(H2,6,7,8,9)/p-1. The van der Waals surface area contributed by atoms with Crippen molar-refractivity contribution in [3.8, 4) is 6.01 Å². The van der Waals surface area contributed by atoms with Crippen LogP contribution in [-0.2, 0) is 0 Å². The van der Waals surface area contributed by atoms with Gasteiger partial charge in [0, 0.05) is 0 Å². The molecule has 1 N–H and O–H groups in total. The van der Waals surface area contributed by atoms with E-state index in [0.29, 0.717) is 6.20 Å². The summed E-state index contributed by atoms with van der Waals surface area (Å²) in [5, 5.41) is 10.1. The third-order valence-electron chi connectivity index (χ3n) is 0.733. The summed E-state index contributed by atoms with van der Waals surface area (Å²) in [5.74, 6) is -1.05. The highest BCUT2D eigenvalue weighted by Gasteiger charge is 1.92. The van der Waals surface area contributed by atoms with Crippen LogP contribution >= 0.6 is 0 Å². The number of nitrogens with one attached hydrogen (secondary N) is 1. The molecule has 0 amide bonds. The SMILES string of the molecule is O=c1[nH]c([O-])ncc1F. The van der Waals surface area contributed by atoms with Crippen molar-refractivity contribution in [1.29, 1.82) is 0 Å². The Labute approximate surface area is 49.0 Å². The average Bonchev–Trinajstić information content (AvgIpc) is 1.80. The molecule has 1 rings (SSSR count). The van der Waals surface area contributed by atoms with Gasteiger partial charge in [0.05, 0.1) is 12.2 Å². The summed E-state index contributed by atoms with van der Waals surface area (Å²) in [6.07, 6.45) is 0.584. The fourth-order valence-corrected chi connectivity index (χ4v) is 0.363. The summed E-state index contributed by atoms with van der Waals surface area (Å²) < 4.78 is 12.0. The van der Waals surface area contributed by atoms with Gasteiger partial charge in [-0.3, -0.25) is 9.78 Å². The summed E-state index contributed by atoms with van der Waals surface area (Å²) >= 11 is 0. The zero-order valence-corrected chi connectivity index (χ0v) is 4.22. The molecule has 4 nitrogen and oxygen atoms in total. The van der Waals surface area contributed by atoms with E-state index >= 15 is 0 Å². The third-order valence-corrected chi connectivity index (χ3v) is 0.733. The lowest BCUT2D eigenvalue weighted by molar-refractivity contribution is -0.282. The number of aromatic amines is 1. The molecule has 0 aromatic carbocycles. The normalized spacial score (nSPS) is 9.44. The summed E-state index contributed by atoms with van der Waals surface area (Å²) in [6.45, 7) is 0. The van der Waals surface area contributed by atoms with E-state index in [1.165, 1.54) is 0 Å². The van der Waals surface area contributed by atoms with Crippen molar-refractivity contribution >= 4 is 0 Å². The molecule has 1 aromatic rings. The van der Waals surface area contributed by atoms with E-state index in [2.05, 4.69) is 4.98 Å². The molecule has 0 radical (unpaired) electrons. The van der Waals surface area contributed by atoms with Crippen molar-refractivity contribution in [2.75, 3.05) is 0 Å². The number of halogens is 1. The van der Waals surface area contributed by atoms with Crippen LogP contribution < -0.4 is 10.7 Å². The highest BCUT2D eigenvalue weighted by atomic mass is 19.1. The predicted octanol–water partition coefficient (Wildman–Crippen LogP) is -1.02. The number of H-pyrrole nitrogens is 1. The fraction of sp³-hybridized carbons (Fsp3) is 0. The molecule has 0 fully saturated rings. The van der Waals surface area contributed by atoms with Crippen LogP contribution in [0.4, 0.5) is 4.39 Å². The van der Waals surface area contributed by atoms with Gasteiger partial charge < -0.3 is 10.1 Å². The molecule has 0 aliphatic carbocycles. The number of aromatic nitrogens is 2. The smallest absolute Gasteiger partial charge is 0.286 e. The molecule has 1 heterocycles. The Kier molecular flexibility index (Phi) is 1.18. The molecule has 0 aliphatic heterocycles. The van der Waals surface area contributed by atoms with E-state index in [1.807, 2.05) is 0 Å². The predicted molar refractivity (Wildman–Crippen MR) is 24.3 cm³/mol. The minimum absolute atomic E-state index is 0.584. The Hall–Kier alpha value is -1.39. The monoisotopic (exact) mass is 129 g/mol. The van der Waals surface area contributed by atoms with E-state index in [-0.39, 0.29) is 0 Å². The van der Waals surface area contributed by atoms with Crippen LogP contribution in [0.2, 0.25) is 0 Å². The van der Waals surface area contributed by atoms with Crippen LogP contribution in [0, 0.1) is 5.82 Å². The highest BCUT2D eigenvalue weighted by Crippen LogP contribution is 1.86. The van der Waals surface area contributed by atoms with Gasteiger partial charge in [-0.15, -0.1) is 0 Å². The molecule has 0 atom stereocenters. The van der Waals surface area contributed by atoms with E-state index in [4.69, 9.17) is 0 Å². The molecule has 48 valence electrons. The van der Waals surface area contributed by atoms with Gasteiger partial charge in [-0.1, -0.05) is 0 Å². The van der Waals surface area contributed by atoms with E-state index < -0.39 is 17.4 Å². The minimum Gasteiger partial charge on any atom is -0.846 e. The molecule has 0 unspecified atom stereocenters. The van der Waals surface area contributed by atoms with Crippen molar-refractivity contribution in [3.05, 3.63) is 22.4 Å². The Morgan fingerprint density at radius 2 is 2.44 bits per heavy atom. The maximum atomic E-state index is 12.0. The molecule has 1 aromatic heterocycles. The maximum absolute atomic E-state index is 12.0. The zero-order chi connectivity index (χ0) is 6.85. The fourth-order valence-electron chi connectivity index (χ4n) is 0.363. The molecule has 0 spiro atoms. The molecule has 0 saturated carbocycles. The zero-order valence-electron chi connectivity index (χ0n) is 4.22. The topological polar surface area (TPSA) is 68.8 Å². The molecular weight excluding hydrogens is 127 g/mol. The van der Waals surface area contributed by atoms with Crippen molar-refractivity contribution in [3.63, 3.8) is 0 Å². The van der Waals surface area contributed by atoms with E-state index in [9.17, 15) is 14.3 Å². The Morgan fingerprint density at radius 1 is 1.78 bits per heavy atom. The van der Waals surface area contributed by atoms with Gasteiger partial charge in [-0.2, -0.15) is 4.39 Å². The summed E-state index contributed by atoms with van der Waals surface area (Å²) in [7, 11) is 0. The van der Waals surface area contributed by atoms with Crippen molar-refractivity contribution in [2.24, 2.45) is 0 Å². The van der Waals surface area contributed by atoms with Gasteiger partial charge in [0.1, 0.15) is 0 Å². The van der Waals surface area contributed by atoms with Crippen molar-refractivity contribution in [1.82, 2.24) is 9.97 Å². The number of hydrogen-bond donors (Lipinski definition) is 1. The van der Waals surface area contributed by atoms with Gasteiger partial charge >= 0.3 is 0 Å². The second-order valence-electron chi connectivity index (χ2n) is 1.37. The molecule has 9 heavy (non-hydrogen) atoms. The molecular formula is C4H2FN2O2-. The Balaban J connectivity index is 3.34. The second kappa shape index (κ2) is 1.85. The number of nitrogens with zero attached hydrogens (tertiary/aromatic N) is 1. The largest absolute Gasteiger partial charge is 0.846 e. The van der Waals surface area contributed by atoms with Crippen LogP contribution in [0.15, 0.2) is 11.0 Å². The first-order valence-electron chi connectivity index (χ1n) is 2.12. The molecule has 5 heteroatoms. The van der Waals surface area contributed by atoms with Gasteiger partial charge in [-0.25, -0.2) is 0 Å². The summed E-state index contributed by atoms with van der Waals surface area (Å²) in [4.78, 5) is 14.8. The summed E-state index contributed by atoms with van der Waals surface area (Å²) in [5.41, 5.74) is -1.03. The van der Waals surface area contributed by atoms with E-state index in [1.54, 1.807) is 4.98 Å².